The fourth-order valence-electron chi connectivity index (χ4n) is 1.52. The van der Waals surface area contributed by atoms with E-state index in [2.05, 4.69) is 15.3 Å². The number of aliphatic hydroxyl groups is 1. The molecule has 1 aromatic rings. The fourth-order valence-corrected chi connectivity index (χ4v) is 1.52. The van der Waals surface area contributed by atoms with Crippen LogP contribution >= 0.6 is 0 Å². The van der Waals surface area contributed by atoms with Crippen molar-refractivity contribution < 1.29 is 14.3 Å². The van der Waals surface area contributed by atoms with Gasteiger partial charge in [0.1, 0.15) is 5.82 Å². The molecule has 1 rings (SSSR count). The minimum Gasteiger partial charge on any atom is -0.504 e. The van der Waals surface area contributed by atoms with Crippen molar-refractivity contribution in [1.29, 1.82) is 5.26 Å². The minimum atomic E-state index is -0.632. The Labute approximate surface area is 127 Å². The normalized spacial score (nSPS) is 12.7. The van der Waals surface area contributed by atoms with E-state index in [0.717, 1.165) is 0 Å². The lowest BCUT2D eigenvalue weighted by atomic mass is 10.2. The summed E-state index contributed by atoms with van der Waals surface area (Å²) in [6.07, 6.45) is 2.86. The number of nitriles is 1. The molecule has 0 heterocycles. The van der Waals surface area contributed by atoms with E-state index >= 15 is 0 Å². The number of carbonyl (C=O) groups excluding carboxylic acids is 1. The second kappa shape index (κ2) is 8.32. The van der Waals surface area contributed by atoms with E-state index < -0.39 is 11.7 Å². The molecule has 22 heavy (non-hydrogen) atoms. The number of allylic oxidation sites excluding steroid dienone is 1. The van der Waals surface area contributed by atoms with Crippen molar-refractivity contribution in [3.05, 3.63) is 47.1 Å². The number of hydrogen-bond acceptors (Lipinski definition) is 5. The largest absolute Gasteiger partial charge is 0.504 e. The number of rotatable bonds is 5. The molecule has 0 radical (unpaired) electrons. The van der Waals surface area contributed by atoms with Crippen LogP contribution < -0.4 is 5.32 Å². The zero-order valence-electron chi connectivity index (χ0n) is 12.2. The number of halogens is 1. The van der Waals surface area contributed by atoms with E-state index in [1.165, 1.54) is 43.6 Å². The first kappa shape index (κ1) is 17.0. The van der Waals surface area contributed by atoms with Crippen LogP contribution in [0.1, 0.15) is 19.4 Å². The van der Waals surface area contributed by atoms with Gasteiger partial charge >= 0.3 is 0 Å². The summed E-state index contributed by atoms with van der Waals surface area (Å²) < 4.78 is 12.8. The maximum Gasteiger partial charge on any atom is 0.274 e. The Balaban J connectivity index is 2.91. The predicted octanol–water partition coefficient (Wildman–Crippen LogP) is 2.24. The molecule has 0 bridgehead atoms. The Hall–Kier alpha value is -3.01. The number of nitrogens with one attached hydrogen (secondary N) is 1. The van der Waals surface area contributed by atoms with Crippen LogP contribution in [0.4, 0.5) is 4.39 Å². The molecular weight excluding hydrogens is 287 g/mol. The third kappa shape index (κ3) is 4.83. The monoisotopic (exact) mass is 302 g/mol. The molecule has 0 spiro atoms. The lowest BCUT2D eigenvalue weighted by Gasteiger charge is -2.07. The van der Waals surface area contributed by atoms with Crippen LogP contribution in [0.3, 0.4) is 0 Å². The Morgan fingerprint density at radius 1 is 1.45 bits per heavy atom. The minimum absolute atomic E-state index is 0.0139. The molecule has 0 aliphatic rings. The molecule has 0 saturated carbocycles. The first-order valence-electron chi connectivity index (χ1n) is 6.38. The van der Waals surface area contributed by atoms with Gasteiger partial charge < -0.3 is 10.4 Å². The highest BCUT2D eigenvalue weighted by atomic mass is 19.1. The first-order chi connectivity index (χ1) is 10.5. The summed E-state index contributed by atoms with van der Waals surface area (Å²) >= 11 is 0. The smallest absolute Gasteiger partial charge is 0.274 e. The number of amides is 1. The molecule has 0 atom stereocenters. The van der Waals surface area contributed by atoms with Crippen molar-refractivity contribution in [3.63, 3.8) is 0 Å². The number of aliphatic imine (C=N–C) groups is 2. The zero-order valence-corrected chi connectivity index (χ0v) is 12.2. The molecule has 0 fully saturated rings. The third-order valence-electron chi connectivity index (χ3n) is 2.62. The summed E-state index contributed by atoms with van der Waals surface area (Å²) in [7, 11) is 0. The SMILES string of the molecule is CC=N/C(C(=O)NCc1ccc(F)cc1)=C(/O)C(C)=NC#N. The molecule has 1 aromatic carbocycles. The second-order valence-electron chi connectivity index (χ2n) is 4.19. The van der Waals surface area contributed by atoms with Gasteiger partial charge in [0.25, 0.3) is 5.91 Å². The van der Waals surface area contributed by atoms with E-state index in [0.29, 0.717) is 5.56 Å². The van der Waals surface area contributed by atoms with E-state index in [4.69, 9.17) is 5.26 Å². The van der Waals surface area contributed by atoms with Crippen molar-refractivity contribution >= 4 is 17.8 Å². The van der Waals surface area contributed by atoms with Gasteiger partial charge in [0.15, 0.2) is 11.5 Å². The molecule has 0 saturated heterocycles. The summed E-state index contributed by atoms with van der Waals surface area (Å²) in [6.45, 7) is 3.11. The van der Waals surface area contributed by atoms with Crippen LogP contribution in [0.2, 0.25) is 0 Å². The van der Waals surface area contributed by atoms with Gasteiger partial charge in [-0.25, -0.2) is 4.39 Å². The van der Waals surface area contributed by atoms with E-state index in [9.17, 15) is 14.3 Å². The lowest BCUT2D eigenvalue weighted by molar-refractivity contribution is -0.117. The van der Waals surface area contributed by atoms with Crippen molar-refractivity contribution in [1.82, 2.24) is 5.32 Å². The van der Waals surface area contributed by atoms with Crippen molar-refractivity contribution in [2.24, 2.45) is 9.98 Å². The van der Waals surface area contributed by atoms with Crippen LogP contribution in [-0.4, -0.2) is 22.9 Å². The van der Waals surface area contributed by atoms with Gasteiger partial charge in [-0.2, -0.15) is 10.3 Å². The van der Waals surface area contributed by atoms with Crippen LogP contribution in [-0.2, 0) is 11.3 Å². The second-order valence-corrected chi connectivity index (χ2v) is 4.19. The number of aliphatic hydroxyl groups excluding tert-OH is 1. The van der Waals surface area contributed by atoms with Crippen LogP contribution in [0.5, 0.6) is 0 Å². The molecule has 2 N–H and O–H groups in total. The highest BCUT2D eigenvalue weighted by Crippen LogP contribution is 2.08. The van der Waals surface area contributed by atoms with Gasteiger partial charge in [0.05, 0.1) is 5.71 Å². The van der Waals surface area contributed by atoms with Crippen LogP contribution in [0, 0.1) is 17.3 Å². The lowest BCUT2D eigenvalue weighted by Crippen LogP contribution is -2.25. The number of carbonyl (C=O) groups is 1. The van der Waals surface area contributed by atoms with E-state index in [1.54, 1.807) is 6.92 Å². The van der Waals surface area contributed by atoms with Gasteiger partial charge in [0, 0.05) is 12.8 Å². The number of benzene rings is 1. The average Bonchev–Trinajstić information content (AvgIpc) is 2.51. The van der Waals surface area contributed by atoms with Crippen LogP contribution in [0.25, 0.3) is 0 Å². The van der Waals surface area contributed by atoms with E-state index in [-0.39, 0.29) is 23.8 Å². The molecule has 6 nitrogen and oxygen atoms in total. The highest BCUT2D eigenvalue weighted by Gasteiger charge is 2.16. The molecule has 0 aliphatic carbocycles. The summed E-state index contributed by atoms with van der Waals surface area (Å²) in [5.74, 6) is -1.48. The van der Waals surface area contributed by atoms with Crippen molar-refractivity contribution in [2.75, 3.05) is 0 Å². The molecule has 114 valence electrons. The molecule has 0 unspecified atom stereocenters. The summed E-state index contributed by atoms with van der Waals surface area (Å²) in [5.41, 5.74) is 0.428. The maximum absolute atomic E-state index is 12.8. The highest BCUT2D eigenvalue weighted by molar-refractivity contribution is 6.06. The molecule has 0 aliphatic heterocycles. The fraction of sp³-hybridized carbons (Fsp3) is 0.200. The van der Waals surface area contributed by atoms with Gasteiger partial charge in [-0.05, 0) is 31.5 Å². The Kier molecular flexibility index (Phi) is 6.44. The zero-order chi connectivity index (χ0) is 16.5. The van der Waals surface area contributed by atoms with Gasteiger partial charge in [-0.3, -0.25) is 9.79 Å². The molecule has 7 heteroatoms. The maximum atomic E-state index is 12.8. The van der Waals surface area contributed by atoms with Crippen molar-refractivity contribution in [3.8, 4) is 6.19 Å². The molecule has 0 aromatic heterocycles. The number of nitrogens with zero attached hydrogens (tertiary/aromatic N) is 3. The molecule has 1 amide bonds. The van der Waals surface area contributed by atoms with Gasteiger partial charge in [-0.1, -0.05) is 12.1 Å². The average molecular weight is 302 g/mol. The Bertz CT molecular complexity index is 670. The molecular formula is C15H15FN4O2. The van der Waals surface area contributed by atoms with Gasteiger partial charge in [-0.15, -0.1) is 0 Å². The first-order valence-corrected chi connectivity index (χ1v) is 6.38. The van der Waals surface area contributed by atoms with E-state index in [1.807, 2.05) is 0 Å². The summed E-state index contributed by atoms with van der Waals surface area (Å²) in [5, 5.41) is 20.9. The quantitative estimate of drug-likeness (QED) is 0.378. The van der Waals surface area contributed by atoms with Gasteiger partial charge in [0.2, 0.25) is 6.19 Å². The third-order valence-corrected chi connectivity index (χ3v) is 2.62. The predicted molar refractivity (Wildman–Crippen MR) is 80.8 cm³/mol. The Morgan fingerprint density at radius 2 is 2.09 bits per heavy atom. The van der Waals surface area contributed by atoms with Crippen LogP contribution in [0.15, 0.2) is 45.7 Å². The number of hydrogen-bond donors (Lipinski definition) is 2. The van der Waals surface area contributed by atoms with Crippen molar-refractivity contribution in [2.45, 2.75) is 20.4 Å². The topological polar surface area (TPSA) is 97.8 Å². The summed E-state index contributed by atoms with van der Waals surface area (Å²) in [4.78, 5) is 19.2. The summed E-state index contributed by atoms with van der Waals surface area (Å²) in [6, 6.07) is 5.63. The Morgan fingerprint density at radius 3 is 2.64 bits per heavy atom. The standard InChI is InChI=1S/C15H15FN4O2/c1-3-18-13(14(21)10(2)20-9-17)15(22)19-8-11-4-6-12(16)7-5-11/h3-7,21H,8H2,1-2H3,(H,19,22)/b14-13+,18-3?,20-10?.